The minimum absolute atomic E-state index is 0.0696. The first kappa shape index (κ1) is 45.2. The van der Waals surface area contributed by atoms with Gasteiger partial charge in [0.15, 0.2) is 6.10 Å². The van der Waals surface area contributed by atoms with Crippen LogP contribution < -0.4 is 0 Å². The van der Waals surface area contributed by atoms with E-state index >= 15 is 0 Å². The van der Waals surface area contributed by atoms with Crippen molar-refractivity contribution in [1.82, 2.24) is 0 Å². The van der Waals surface area contributed by atoms with Crippen molar-refractivity contribution in [3.8, 4) is 0 Å². The third-order valence-electron chi connectivity index (χ3n) is 8.77. The van der Waals surface area contributed by atoms with Crippen LogP contribution in [-0.4, -0.2) is 37.2 Å². The highest BCUT2D eigenvalue weighted by Gasteiger charge is 2.19. The van der Waals surface area contributed by atoms with E-state index in [1.54, 1.807) is 0 Å². The molecule has 0 aromatic carbocycles. The predicted octanol–water partition coefficient (Wildman–Crippen LogP) is 12.3. The van der Waals surface area contributed by atoms with Gasteiger partial charge in [0.2, 0.25) is 0 Å². The van der Waals surface area contributed by atoms with Crippen molar-refractivity contribution in [3.05, 3.63) is 12.2 Å². The molecular weight excluding hydrogens is 588 g/mol. The lowest BCUT2D eigenvalue weighted by Gasteiger charge is -2.18. The Bertz CT molecular complexity index is 733. The third kappa shape index (κ3) is 35.3. The minimum Gasteiger partial charge on any atom is -0.462 e. The van der Waals surface area contributed by atoms with Crippen molar-refractivity contribution in [2.75, 3.05) is 13.2 Å². The van der Waals surface area contributed by atoms with Crippen LogP contribution in [0.5, 0.6) is 0 Å². The summed E-state index contributed by atoms with van der Waals surface area (Å²) >= 11 is 0. The van der Waals surface area contributed by atoms with Gasteiger partial charge in [-0.3, -0.25) is 14.4 Å². The molecule has 6 nitrogen and oxygen atoms in total. The van der Waals surface area contributed by atoms with Crippen molar-refractivity contribution in [2.24, 2.45) is 0 Å². The highest BCUT2D eigenvalue weighted by Crippen LogP contribution is 2.14. The maximum absolute atomic E-state index is 12.6. The zero-order chi connectivity index (χ0) is 34.5. The van der Waals surface area contributed by atoms with Gasteiger partial charge in [-0.1, -0.05) is 168 Å². The van der Waals surface area contributed by atoms with Crippen LogP contribution in [0.2, 0.25) is 0 Å². The first-order valence-electron chi connectivity index (χ1n) is 20.2. The standard InChI is InChI=1S/C41H76O6/c1-4-7-10-13-16-19-21-23-25-28-31-34-40(43)46-37-38(36-45-39(42)33-30-27-24-18-15-12-9-6-3)47-41(44)35-32-29-26-22-20-17-14-11-8-5-2/h13,16,38H,4-12,14-15,17-37H2,1-3H3/b16-13-. The van der Waals surface area contributed by atoms with Crippen LogP contribution in [-0.2, 0) is 28.6 Å². The summed E-state index contributed by atoms with van der Waals surface area (Å²) < 4.78 is 16.6. The molecule has 0 saturated carbocycles. The predicted molar refractivity (Wildman–Crippen MR) is 196 cm³/mol. The molecule has 0 saturated heterocycles. The van der Waals surface area contributed by atoms with Crippen LogP contribution in [0.1, 0.15) is 213 Å². The Kier molecular flexibility index (Phi) is 35.5. The molecule has 0 aromatic rings. The number of esters is 3. The van der Waals surface area contributed by atoms with E-state index in [-0.39, 0.29) is 31.1 Å². The normalized spacial score (nSPS) is 12.0. The fourth-order valence-corrected chi connectivity index (χ4v) is 5.66. The Morgan fingerprint density at radius 1 is 0.404 bits per heavy atom. The molecular formula is C41H76O6. The highest BCUT2D eigenvalue weighted by molar-refractivity contribution is 5.71. The summed E-state index contributed by atoms with van der Waals surface area (Å²) in [5.41, 5.74) is 0. The first-order valence-corrected chi connectivity index (χ1v) is 20.2. The summed E-state index contributed by atoms with van der Waals surface area (Å²) in [6, 6.07) is 0. The summed E-state index contributed by atoms with van der Waals surface area (Å²) in [6.07, 6.45) is 36.2. The van der Waals surface area contributed by atoms with Crippen LogP contribution >= 0.6 is 0 Å². The van der Waals surface area contributed by atoms with Crippen molar-refractivity contribution in [1.29, 1.82) is 0 Å². The number of allylic oxidation sites excluding steroid dienone is 2. The molecule has 0 bridgehead atoms. The monoisotopic (exact) mass is 665 g/mol. The van der Waals surface area contributed by atoms with Gasteiger partial charge in [-0.25, -0.2) is 0 Å². The maximum atomic E-state index is 12.6. The van der Waals surface area contributed by atoms with Gasteiger partial charge in [-0.05, 0) is 38.5 Å². The van der Waals surface area contributed by atoms with Crippen LogP contribution in [0, 0.1) is 0 Å². The SMILES string of the molecule is CCCC/C=C\CCCCCCCC(=O)OCC(COC(=O)CCCCCCCCCC)OC(=O)CCCCCCCCCCCC. The Morgan fingerprint density at radius 2 is 0.723 bits per heavy atom. The lowest BCUT2D eigenvalue weighted by molar-refractivity contribution is -0.167. The summed E-state index contributed by atoms with van der Waals surface area (Å²) in [5, 5.41) is 0. The molecule has 0 rings (SSSR count). The third-order valence-corrected chi connectivity index (χ3v) is 8.77. The lowest BCUT2D eigenvalue weighted by atomic mass is 10.1. The van der Waals surface area contributed by atoms with Crippen LogP contribution in [0.4, 0.5) is 0 Å². The van der Waals surface area contributed by atoms with E-state index in [1.807, 2.05) is 0 Å². The second kappa shape index (κ2) is 37.0. The smallest absolute Gasteiger partial charge is 0.306 e. The van der Waals surface area contributed by atoms with Crippen molar-refractivity contribution in [2.45, 2.75) is 219 Å². The summed E-state index contributed by atoms with van der Waals surface area (Å²) in [4.78, 5) is 37.4. The molecule has 0 radical (unpaired) electrons. The molecule has 0 N–H and O–H groups in total. The van der Waals surface area contributed by atoms with Gasteiger partial charge in [0.05, 0.1) is 0 Å². The average Bonchev–Trinajstić information content (AvgIpc) is 3.06. The van der Waals surface area contributed by atoms with E-state index in [9.17, 15) is 14.4 Å². The summed E-state index contributed by atoms with van der Waals surface area (Å²) in [7, 11) is 0. The number of hydrogen-bond donors (Lipinski definition) is 0. The number of carbonyl (C=O) groups is 3. The number of rotatable bonds is 36. The molecule has 6 heteroatoms. The van der Waals surface area contributed by atoms with Gasteiger partial charge in [-0.2, -0.15) is 0 Å². The molecule has 276 valence electrons. The highest BCUT2D eigenvalue weighted by atomic mass is 16.6. The zero-order valence-electron chi connectivity index (χ0n) is 31.3. The number of unbranched alkanes of at least 4 members (excludes halogenated alkanes) is 23. The van der Waals surface area contributed by atoms with Gasteiger partial charge in [-0.15, -0.1) is 0 Å². The molecule has 0 aromatic heterocycles. The molecule has 0 aliphatic heterocycles. The second-order valence-corrected chi connectivity index (χ2v) is 13.6. The van der Waals surface area contributed by atoms with Crippen molar-refractivity contribution >= 4 is 17.9 Å². The number of ether oxygens (including phenoxy) is 3. The Hall–Kier alpha value is -1.85. The van der Waals surface area contributed by atoms with Gasteiger partial charge >= 0.3 is 17.9 Å². The average molecular weight is 665 g/mol. The quantitative estimate of drug-likeness (QED) is 0.0287. The largest absolute Gasteiger partial charge is 0.462 e. The Balaban J connectivity index is 4.35. The topological polar surface area (TPSA) is 78.9 Å². The van der Waals surface area contributed by atoms with Crippen LogP contribution in [0.15, 0.2) is 12.2 Å². The Morgan fingerprint density at radius 3 is 1.13 bits per heavy atom. The zero-order valence-corrected chi connectivity index (χ0v) is 31.3. The van der Waals surface area contributed by atoms with Gasteiger partial charge in [0, 0.05) is 19.3 Å². The van der Waals surface area contributed by atoms with E-state index < -0.39 is 6.10 Å². The van der Waals surface area contributed by atoms with E-state index in [2.05, 4.69) is 32.9 Å². The number of carbonyl (C=O) groups excluding carboxylic acids is 3. The first-order chi connectivity index (χ1) is 23.0. The van der Waals surface area contributed by atoms with Crippen molar-refractivity contribution < 1.29 is 28.6 Å². The van der Waals surface area contributed by atoms with Crippen LogP contribution in [0.25, 0.3) is 0 Å². The molecule has 0 fully saturated rings. The fraction of sp³-hybridized carbons (Fsp3) is 0.878. The summed E-state index contributed by atoms with van der Waals surface area (Å²) in [5.74, 6) is -0.885. The maximum Gasteiger partial charge on any atom is 0.306 e. The summed E-state index contributed by atoms with van der Waals surface area (Å²) in [6.45, 7) is 6.54. The molecule has 1 atom stereocenters. The van der Waals surface area contributed by atoms with E-state index in [4.69, 9.17) is 14.2 Å². The molecule has 0 aliphatic carbocycles. The van der Waals surface area contributed by atoms with Crippen molar-refractivity contribution in [3.63, 3.8) is 0 Å². The Labute approximate surface area is 290 Å². The van der Waals surface area contributed by atoms with E-state index in [1.165, 1.54) is 109 Å². The van der Waals surface area contributed by atoms with Crippen LogP contribution in [0.3, 0.4) is 0 Å². The van der Waals surface area contributed by atoms with E-state index in [0.29, 0.717) is 19.3 Å². The molecule has 0 heterocycles. The van der Waals surface area contributed by atoms with Gasteiger partial charge in [0.25, 0.3) is 0 Å². The fourth-order valence-electron chi connectivity index (χ4n) is 5.66. The molecule has 1 unspecified atom stereocenters. The van der Waals surface area contributed by atoms with E-state index in [0.717, 1.165) is 64.2 Å². The molecule has 47 heavy (non-hydrogen) atoms. The number of hydrogen-bond acceptors (Lipinski definition) is 6. The molecule has 0 amide bonds. The molecule has 0 spiro atoms. The minimum atomic E-state index is -0.762. The van der Waals surface area contributed by atoms with Gasteiger partial charge in [0.1, 0.15) is 13.2 Å². The lowest BCUT2D eigenvalue weighted by Crippen LogP contribution is -2.30. The second-order valence-electron chi connectivity index (χ2n) is 13.6. The van der Waals surface area contributed by atoms with Gasteiger partial charge < -0.3 is 14.2 Å². The molecule has 0 aliphatic rings.